The van der Waals surface area contributed by atoms with E-state index >= 15 is 0 Å². The topological polar surface area (TPSA) is 58.2 Å². The van der Waals surface area contributed by atoms with Crippen LogP contribution in [0.3, 0.4) is 0 Å². The molecule has 4 heteroatoms. The normalized spacial score (nSPS) is 14.5. The van der Waals surface area contributed by atoms with Crippen LogP contribution in [0.5, 0.6) is 0 Å². The number of carbonyl (C=O) groups is 2. The molecular formula is C9H18N2O2. The smallest absolute Gasteiger partial charge is 0.217 e. The zero-order valence-corrected chi connectivity index (χ0v) is 8.68. The molecule has 4 nitrogen and oxygen atoms in total. The van der Waals surface area contributed by atoms with E-state index in [-0.39, 0.29) is 23.9 Å². The highest BCUT2D eigenvalue weighted by molar-refractivity contribution is 5.74. The Morgan fingerprint density at radius 3 is 1.92 bits per heavy atom. The van der Waals surface area contributed by atoms with Crippen LogP contribution < -0.4 is 10.6 Å². The lowest BCUT2D eigenvalue weighted by Crippen LogP contribution is -2.48. The van der Waals surface area contributed by atoms with Gasteiger partial charge in [-0.1, -0.05) is 6.92 Å². The van der Waals surface area contributed by atoms with Gasteiger partial charge in [0.2, 0.25) is 11.8 Å². The van der Waals surface area contributed by atoms with Gasteiger partial charge in [-0.15, -0.1) is 0 Å². The summed E-state index contributed by atoms with van der Waals surface area (Å²) in [6.07, 6.45) is 0.807. The van der Waals surface area contributed by atoms with Crippen LogP contribution in [0.25, 0.3) is 0 Å². The molecule has 2 N–H and O–H groups in total. The van der Waals surface area contributed by atoms with E-state index in [2.05, 4.69) is 10.6 Å². The zero-order chi connectivity index (χ0) is 10.4. The molecular weight excluding hydrogens is 168 g/mol. The van der Waals surface area contributed by atoms with Crippen molar-refractivity contribution < 1.29 is 9.59 Å². The van der Waals surface area contributed by atoms with Crippen LogP contribution in [-0.2, 0) is 9.59 Å². The van der Waals surface area contributed by atoms with E-state index in [0.717, 1.165) is 6.42 Å². The predicted octanol–water partition coefficient (Wildman–Crippen LogP) is 0.426. The van der Waals surface area contributed by atoms with E-state index in [1.54, 1.807) is 0 Å². The largest absolute Gasteiger partial charge is 0.352 e. The molecule has 0 aliphatic rings. The zero-order valence-electron chi connectivity index (χ0n) is 8.68. The second-order valence-corrected chi connectivity index (χ2v) is 3.20. The number of amides is 2. The second kappa shape index (κ2) is 5.56. The quantitative estimate of drug-likeness (QED) is 0.668. The highest BCUT2D eigenvalue weighted by Gasteiger charge is 2.16. The number of rotatable bonds is 4. The lowest BCUT2D eigenvalue weighted by atomic mass is 10.1. The van der Waals surface area contributed by atoms with E-state index in [1.807, 2.05) is 13.8 Å². The Kier molecular flexibility index (Phi) is 5.11. The maximum atomic E-state index is 10.8. The summed E-state index contributed by atoms with van der Waals surface area (Å²) in [7, 11) is 0. The summed E-state index contributed by atoms with van der Waals surface area (Å²) in [6.45, 7) is 6.80. The first kappa shape index (κ1) is 11.9. The fraction of sp³-hybridized carbons (Fsp3) is 0.778. The Balaban J connectivity index is 4.06. The molecule has 0 aliphatic heterocycles. The molecule has 0 saturated heterocycles. The van der Waals surface area contributed by atoms with E-state index in [1.165, 1.54) is 13.8 Å². The molecule has 0 unspecified atom stereocenters. The molecule has 0 heterocycles. The van der Waals surface area contributed by atoms with Gasteiger partial charge < -0.3 is 10.6 Å². The standard InChI is InChI=1S/C9H18N2O2/c1-5-9(11-8(4)13)6(2)10-7(3)12/h6,9H,5H2,1-4H3,(H,10,12)(H,11,13)/t6-,9+/m0/s1. The summed E-state index contributed by atoms with van der Waals surface area (Å²) in [5.74, 6) is -0.139. The first-order chi connectivity index (χ1) is 5.97. The van der Waals surface area contributed by atoms with E-state index < -0.39 is 0 Å². The van der Waals surface area contributed by atoms with Crippen molar-refractivity contribution in [3.05, 3.63) is 0 Å². The van der Waals surface area contributed by atoms with Crippen molar-refractivity contribution in [1.82, 2.24) is 10.6 Å². The van der Waals surface area contributed by atoms with Crippen LogP contribution >= 0.6 is 0 Å². The van der Waals surface area contributed by atoms with Crippen molar-refractivity contribution in [1.29, 1.82) is 0 Å². The van der Waals surface area contributed by atoms with Gasteiger partial charge >= 0.3 is 0 Å². The molecule has 0 spiro atoms. The van der Waals surface area contributed by atoms with Crippen LogP contribution in [0.2, 0.25) is 0 Å². The summed E-state index contributed by atoms with van der Waals surface area (Å²) in [6, 6.07) is -0.00667. The monoisotopic (exact) mass is 186 g/mol. The number of carbonyl (C=O) groups excluding carboxylic acids is 2. The summed E-state index contributed by atoms with van der Waals surface area (Å²) in [5, 5.41) is 5.53. The van der Waals surface area contributed by atoms with E-state index in [0.29, 0.717) is 0 Å². The molecule has 0 aliphatic carbocycles. The molecule has 0 radical (unpaired) electrons. The van der Waals surface area contributed by atoms with Crippen LogP contribution in [0.4, 0.5) is 0 Å². The average Bonchev–Trinajstić information content (AvgIpc) is 1.98. The van der Waals surface area contributed by atoms with Crippen molar-refractivity contribution in [2.45, 2.75) is 46.2 Å². The third kappa shape index (κ3) is 5.22. The van der Waals surface area contributed by atoms with Gasteiger partial charge in [-0.2, -0.15) is 0 Å². The Morgan fingerprint density at radius 1 is 1.15 bits per heavy atom. The number of hydrogen-bond acceptors (Lipinski definition) is 2. The van der Waals surface area contributed by atoms with Gasteiger partial charge in [0.1, 0.15) is 0 Å². The van der Waals surface area contributed by atoms with Gasteiger partial charge in [-0.3, -0.25) is 9.59 Å². The van der Waals surface area contributed by atoms with Crippen LogP contribution in [0.15, 0.2) is 0 Å². The molecule has 13 heavy (non-hydrogen) atoms. The van der Waals surface area contributed by atoms with Crippen LogP contribution in [-0.4, -0.2) is 23.9 Å². The average molecular weight is 186 g/mol. The molecule has 2 amide bonds. The molecule has 0 bridgehead atoms. The Bertz CT molecular complexity index is 192. The highest BCUT2D eigenvalue weighted by Crippen LogP contribution is 1.97. The minimum Gasteiger partial charge on any atom is -0.352 e. The Hall–Kier alpha value is -1.06. The Labute approximate surface area is 79.1 Å². The molecule has 0 aromatic carbocycles. The summed E-state index contributed by atoms with van der Waals surface area (Å²) < 4.78 is 0. The van der Waals surface area contributed by atoms with Gasteiger partial charge in [0, 0.05) is 25.9 Å². The van der Waals surface area contributed by atoms with Gasteiger partial charge in [0.05, 0.1) is 0 Å². The number of nitrogens with one attached hydrogen (secondary N) is 2. The second-order valence-electron chi connectivity index (χ2n) is 3.20. The van der Waals surface area contributed by atoms with Crippen molar-refractivity contribution in [3.63, 3.8) is 0 Å². The fourth-order valence-corrected chi connectivity index (χ4v) is 1.26. The predicted molar refractivity (Wildman–Crippen MR) is 51.2 cm³/mol. The lowest BCUT2D eigenvalue weighted by molar-refractivity contribution is -0.122. The summed E-state index contributed by atoms with van der Waals surface area (Å²) in [5.41, 5.74) is 0. The number of hydrogen-bond donors (Lipinski definition) is 2. The molecule has 0 saturated carbocycles. The maximum absolute atomic E-state index is 10.8. The van der Waals surface area contributed by atoms with Crippen molar-refractivity contribution in [2.24, 2.45) is 0 Å². The van der Waals surface area contributed by atoms with Crippen molar-refractivity contribution in [3.8, 4) is 0 Å². The fourth-order valence-electron chi connectivity index (χ4n) is 1.26. The van der Waals surface area contributed by atoms with Crippen molar-refractivity contribution >= 4 is 11.8 Å². The molecule has 2 atom stereocenters. The lowest BCUT2D eigenvalue weighted by Gasteiger charge is -2.23. The Morgan fingerprint density at radius 2 is 1.62 bits per heavy atom. The van der Waals surface area contributed by atoms with E-state index in [9.17, 15) is 9.59 Å². The first-order valence-corrected chi connectivity index (χ1v) is 4.51. The van der Waals surface area contributed by atoms with E-state index in [4.69, 9.17) is 0 Å². The van der Waals surface area contributed by atoms with Gasteiger partial charge in [-0.25, -0.2) is 0 Å². The molecule has 0 aromatic rings. The van der Waals surface area contributed by atoms with Crippen molar-refractivity contribution in [2.75, 3.05) is 0 Å². The van der Waals surface area contributed by atoms with Crippen LogP contribution in [0.1, 0.15) is 34.1 Å². The van der Waals surface area contributed by atoms with Crippen LogP contribution in [0, 0.1) is 0 Å². The SMILES string of the molecule is CC[C@@H](NC(C)=O)[C@H](C)NC(C)=O. The molecule has 76 valence electrons. The third-order valence-corrected chi connectivity index (χ3v) is 1.86. The van der Waals surface area contributed by atoms with Gasteiger partial charge in [0.15, 0.2) is 0 Å². The van der Waals surface area contributed by atoms with Gasteiger partial charge in [-0.05, 0) is 13.3 Å². The molecule has 0 aromatic heterocycles. The highest BCUT2D eigenvalue weighted by atomic mass is 16.2. The molecule has 0 rings (SSSR count). The first-order valence-electron chi connectivity index (χ1n) is 4.51. The minimum absolute atomic E-state index is 0.0152. The summed E-state index contributed by atoms with van der Waals surface area (Å²) in [4.78, 5) is 21.5. The third-order valence-electron chi connectivity index (χ3n) is 1.86. The molecule has 0 fully saturated rings. The minimum atomic E-state index is -0.0729. The maximum Gasteiger partial charge on any atom is 0.217 e. The van der Waals surface area contributed by atoms with Gasteiger partial charge in [0.25, 0.3) is 0 Å². The summed E-state index contributed by atoms with van der Waals surface area (Å²) >= 11 is 0.